The largest absolute Gasteiger partial charge is 0.399 e. The molecule has 1 amide bonds. The van der Waals surface area contributed by atoms with Crippen molar-refractivity contribution in [2.45, 2.75) is 6.54 Å². The number of nitrogens with one attached hydrogen (secondary N) is 2. The van der Waals surface area contributed by atoms with E-state index in [0.717, 1.165) is 22.2 Å². The van der Waals surface area contributed by atoms with Crippen LogP contribution in [0, 0.1) is 0 Å². The fourth-order valence-electron chi connectivity index (χ4n) is 2.19. The van der Waals surface area contributed by atoms with Crippen LogP contribution >= 0.6 is 0 Å². The monoisotopic (exact) mass is 265 g/mol. The second-order valence-electron chi connectivity index (χ2n) is 4.67. The molecule has 0 spiro atoms. The molecule has 100 valence electrons. The van der Waals surface area contributed by atoms with Gasteiger partial charge in [-0.2, -0.15) is 0 Å². The molecular formula is C16H15N3O. The van der Waals surface area contributed by atoms with Gasteiger partial charge in [0.05, 0.1) is 11.1 Å². The molecule has 0 unspecified atom stereocenters. The third kappa shape index (κ3) is 2.36. The lowest BCUT2D eigenvalue weighted by atomic mass is 10.1. The van der Waals surface area contributed by atoms with Crippen molar-refractivity contribution < 1.29 is 4.79 Å². The predicted octanol–water partition coefficient (Wildman–Crippen LogP) is 2.68. The lowest BCUT2D eigenvalue weighted by Crippen LogP contribution is -2.23. The summed E-state index contributed by atoms with van der Waals surface area (Å²) in [6.45, 7) is 0.482. The summed E-state index contributed by atoms with van der Waals surface area (Å²) in [6, 6.07) is 15.1. The van der Waals surface area contributed by atoms with Gasteiger partial charge in [-0.25, -0.2) is 0 Å². The summed E-state index contributed by atoms with van der Waals surface area (Å²) in [4.78, 5) is 15.3. The van der Waals surface area contributed by atoms with Crippen molar-refractivity contribution >= 4 is 22.5 Å². The number of hydrogen-bond donors (Lipinski definition) is 3. The van der Waals surface area contributed by atoms with Crippen LogP contribution in [0.15, 0.2) is 54.7 Å². The number of benzene rings is 2. The summed E-state index contributed by atoms with van der Waals surface area (Å²) < 4.78 is 0. The Kier molecular flexibility index (Phi) is 3.13. The minimum Gasteiger partial charge on any atom is -0.399 e. The van der Waals surface area contributed by atoms with Gasteiger partial charge in [-0.05, 0) is 29.8 Å². The summed E-state index contributed by atoms with van der Waals surface area (Å²) in [5, 5.41) is 3.95. The van der Waals surface area contributed by atoms with Crippen molar-refractivity contribution in [3.63, 3.8) is 0 Å². The molecular weight excluding hydrogens is 250 g/mol. The number of aromatic nitrogens is 1. The van der Waals surface area contributed by atoms with E-state index in [0.29, 0.717) is 12.1 Å². The van der Waals surface area contributed by atoms with E-state index in [1.165, 1.54) is 0 Å². The summed E-state index contributed by atoms with van der Waals surface area (Å²) >= 11 is 0. The number of amides is 1. The molecule has 4 nitrogen and oxygen atoms in total. The molecule has 0 atom stereocenters. The molecule has 20 heavy (non-hydrogen) atoms. The molecule has 0 aliphatic rings. The highest BCUT2D eigenvalue weighted by Crippen LogP contribution is 2.16. The van der Waals surface area contributed by atoms with Crippen LogP contribution in [-0.2, 0) is 6.54 Å². The predicted molar refractivity (Wildman–Crippen MR) is 80.3 cm³/mol. The molecule has 4 N–H and O–H groups in total. The molecule has 3 rings (SSSR count). The standard InChI is InChI=1S/C16H15N3O/c17-13-6-4-11(5-7-13)10-19-16(20)14-3-1-2-12-8-9-18-15(12)14/h1-9,18H,10,17H2,(H,19,20). The van der Waals surface area contributed by atoms with Gasteiger partial charge in [0.1, 0.15) is 0 Å². The number of hydrogen-bond acceptors (Lipinski definition) is 2. The Bertz CT molecular complexity index is 744. The second-order valence-corrected chi connectivity index (χ2v) is 4.67. The van der Waals surface area contributed by atoms with Crippen molar-refractivity contribution in [1.82, 2.24) is 10.3 Å². The van der Waals surface area contributed by atoms with Gasteiger partial charge in [0.2, 0.25) is 0 Å². The SMILES string of the molecule is Nc1ccc(CNC(=O)c2cccc3cc[nH]c23)cc1. The Morgan fingerprint density at radius 1 is 1.10 bits per heavy atom. The third-order valence-corrected chi connectivity index (χ3v) is 3.26. The first-order chi connectivity index (χ1) is 9.74. The quantitative estimate of drug-likeness (QED) is 0.637. The molecule has 1 aromatic heterocycles. The van der Waals surface area contributed by atoms with E-state index in [4.69, 9.17) is 5.73 Å². The van der Waals surface area contributed by atoms with Gasteiger partial charge in [-0.15, -0.1) is 0 Å². The number of anilines is 1. The smallest absolute Gasteiger partial charge is 0.253 e. The number of fused-ring (bicyclic) bond motifs is 1. The van der Waals surface area contributed by atoms with Gasteiger partial charge in [-0.1, -0.05) is 24.3 Å². The first-order valence-corrected chi connectivity index (χ1v) is 6.43. The van der Waals surface area contributed by atoms with Gasteiger partial charge >= 0.3 is 0 Å². The molecule has 0 fully saturated rings. The van der Waals surface area contributed by atoms with Crippen LogP contribution in [0.2, 0.25) is 0 Å². The average Bonchev–Trinajstić information content (AvgIpc) is 2.94. The van der Waals surface area contributed by atoms with Crippen LogP contribution in [0.25, 0.3) is 10.9 Å². The van der Waals surface area contributed by atoms with E-state index in [1.54, 1.807) is 0 Å². The van der Waals surface area contributed by atoms with Crippen molar-refractivity contribution in [2.24, 2.45) is 0 Å². The van der Waals surface area contributed by atoms with Crippen molar-refractivity contribution in [3.05, 3.63) is 65.9 Å². The van der Waals surface area contributed by atoms with Gasteiger partial charge in [-0.3, -0.25) is 4.79 Å². The molecule has 0 saturated carbocycles. The first kappa shape index (κ1) is 12.3. The van der Waals surface area contributed by atoms with Gasteiger partial charge in [0.15, 0.2) is 0 Å². The van der Waals surface area contributed by atoms with Crippen LogP contribution in [0.3, 0.4) is 0 Å². The molecule has 3 aromatic rings. The van der Waals surface area contributed by atoms with E-state index in [-0.39, 0.29) is 5.91 Å². The number of carbonyl (C=O) groups is 1. The normalized spacial score (nSPS) is 10.6. The zero-order chi connectivity index (χ0) is 13.9. The first-order valence-electron chi connectivity index (χ1n) is 6.43. The van der Waals surface area contributed by atoms with E-state index >= 15 is 0 Å². The number of para-hydroxylation sites is 1. The van der Waals surface area contributed by atoms with E-state index in [2.05, 4.69) is 10.3 Å². The number of carbonyl (C=O) groups excluding carboxylic acids is 1. The van der Waals surface area contributed by atoms with Gasteiger partial charge < -0.3 is 16.0 Å². The molecule has 4 heteroatoms. The third-order valence-electron chi connectivity index (χ3n) is 3.26. The maximum Gasteiger partial charge on any atom is 0.253 e. The Hall–Kier alpha value is -2.75. The lowest BCUT2D eigenvalue weighted by Gasteiger charge is -2.07. The topological polar surface area (TPSA) is 70.9 Å². The summed E-state index contributed by atoms with van der Waals surface area (Å²) in [5.41, 5.74) is 8.89. The number of aromatic amines is 1. The fraction of sp³-hybridized carbons (Fsp3) is 0.0625. The number of H-pyrrole nitrogens is 1. The van der Waals surface area contributed by atoms with Gasteiger partial charge in [0.25, 0.3) is 5.91 Å². The molecule has 0 radical (unpaired) electrons. The zero-order valence-corrected chi connectivity index (χ0v) is 10.9. The minimum absolute atomic E-state index is 0.0881. The maximum atomic E-state index is 12.2. The maximum absolute atomic E-state index is 12.2. The highest BCUT2D eigenvalue weighted by molar-refractivity contribution is 6.05. The van der Waals surface area contributed by atoms with Crippen molar-refractivity contribution in [1.29, 1.82) is 0 Å². The highest BCUT2D eigenvalue weighted by Gasteiger charge is 2.10. The summed E-state index contributed by atoms with van der Waals surface area (Å²) in [7, 11) is 0. The molecule has 1 heterocycles. The number of nitrogen functional groups attached to an aromatic ring is 1. The lowest BCUT2D eigenvalue weighted by molar-refractivity contribution is 0.0952. The van der Waals surface area contributed by atoms with E-state index in [1.807, 2.05) is 54.7 Å². The van der Waals surface area contributed by atoms with Crippen LogP contribution in [0.5, 0.6) is 0 Å². The van der Waals surface area contributed by atoms with E-state index in [9.17, 15) is 4.79 Å². The average molecular weight is 265 g/mol. The van der Waals surface area contributed by atoms with Crippen LogP contribution in [-0.4, -0.2) is 10.9 Å². The number of nitrogens with two attached hydrogens (primary N) is 1. The van der Waals surface area contributed by atoms with Gasteiger partial charge in [0, 0.05) is 23.8 Å². The highest BCUT2D eigenvalue weighted by atomic mass is 16.1. The van der Waals surface area contributed by atoms with Crippen LogP contribution in [0.4, 0.5) is 5.69 Å². The summed E-state index contributed by atoms with van der Waals surface area (Å²) in [6.07, 6.45) is 1.83. The fourth-order valence-corrected chi connectivity index (χ4v) is 2.19. The number of rotatable bonds is 3. The molecule has 0 bridgehead atoms. The molecule has 0 aliphatic carbocycles. The molecule has 0 aliphatic heterocycles. The Balaban J connectivity index is 1.76. The Morgan fingerprint density at radius 2 is 1.90 bits per heavy atom. The Morgan fingerprint density at radius 3 is 2.70 bits per heavy atom. The Labute approximate surface area is 116 Å². The van der Waals surface area contributed by atoms with Crippen LogP contribution < -0.4 is 11.1 Å². The molecule has 0 saturated heterocycles. The van der Waals surface area contributed by atoms with Crippen LogP contribution in [0.1, 0.15) is 15.9 Å². The van der Waals surface area contributed by atoms with Crippen molar-refractivity contribution in [2.75, 3.05) is 5.73 Å². The molecule has 2 aromatic carbocycles. The van der Waals surface area contributed by atoms with E-state index < -0.39 is 0 Å². The zero-order valence-electron chi connectivity index (χ0n) is 10.9. The van der Waals surface area contributed by atoms with Crippen molar-refractivity contribution in [3.8, 4) is 0 Å². The minimum atomic E-state index is -0.0881. The second kappa shape index (κ2) is 5.09. The summed E-state index contributed by atoms with van der Waals surface area (Å²) in [5.74, 6) is -0.0881.